The summed E-state index contributed by atoms with van der Waals surface area (Å²) in [5, 5.41) is 2.51. The van der Waals surface area contributed by atoms with Crippen LogP contribution in [0, 0.1) is 0 Å². The largest absolute Gasteiger partial charge is 0.473 e. The van der Waals surface area contributed by atoms with E-state index < -0.39 is 23.7 Å². The molecule has 1 amide bonds. The number of benzene rings is 3. The molecule has 0 aliphatic rings. The molecule has 0 bridgehead atoms. The number of nitrogens with zero attached hydrogens (tertiary/aromatic N) is 2. The highest BCUT2D eigenvalue weighted by atomic mass is 16.6. The molecular weight excluding hydrogens is 486 g/mol. The molecule has 4 aromatic rings. The summed E-state index contributed by atoms with van der Waals surface area (Å²) in [5.41, 5.74) is 2.05. The third kappa shape index (κ3) is 8.06. The normalized spacial score (nSPS) is 11.3. The zero-order valence-corrected chi connectivity index (χ0v) is 20.6. The lowest BCUT2D eigenvalue weighted by molar-refractivity contribution is -0.147. The molecule has 194 valence electrons. The van der Waals surface area contributed by atoms with Crippen LogP contribution in [0.5, 0.6) is 5.88 Å². The Kier molecular flexibility index (Phi) is 9.23. The van der Waals surface area contributed by atoms with Gasteiger partial charge in [-0.15, -0.1) is 0 Å². The van der Waals surface area contributed by atoms with E-state index in [9.17, 15) is 14.4 Å². The summed E-state index contributed by atoms with van der Waals surface area (Å²) in [6.07, 6.45) is 0.441. The van der Waals surface area contributed by atoms with E-state index in [0.717, 1.165) is 16.7 Å². The maximum Gasteiger partial charge on any atom is 0.408 e. The van der Waals surface area contributed by atoms with Crippen molar-refractivity contribution >= 4 is 12.1 Å². The molecule has 0 saturated carbocycles. The highest BCUT2D eigenvalue weighted by Gasteiger charge is 2.24. The number of amides is 1. The third-order valence-electron chi connectivity index (χ3n) is 5.48. The van der Waals surface area contributed by atoms with Gasteiger partial charge < -0.3 is 19.5 Å². The number of nitrogens with one attached hydrogen (secondary N) is 1. The first-order valence-electron chi connectivity index (χ1n) is 12.0. The van der Waals surface area contributed by atoms with Gasteiger partial charge in [-0.1, -0.05) is 91.0 Å². The molecule has 0 fully saturated rings. The molecule has 0 aliphatic carbocycles. The van der Waals surface area contributed by atoms with Crippen LogP contribution in [0.4, 0.5) is 4.79 Å². The standard InChI is InChI=1S/C29H27N3O6/c33-27-16-26(36-18-22-10-4-1-5-11-22)30-21-32(27)17-25(28(34)37-19-23-12-6-2-7-13-23)31-29(35)38-20-24-14-8-3-9-15-24/h1-16,21,25H,17-20H2,(H,31,35)/t25-/m0/s1. The highest BCUT2D eigenvalue weighted by Crippen LogP contribution is 2.08. The first-order chi connectivity index (χ1) is 18.6. The van der Waals surface area contributed by atoms with Gasteiger partial charge in [0.1, 0.15) is 32.2 Å². The predicted octanol–water partition coefficient (Wildman–Crippen LogP) is 3.86. The van der Waals surface area contributed by atoms with Crippen LogP contribution < -0.4 is 15.6 Å². The van der Waals surface area contributed by atoms with Gasteiger partial charge in [0.25, 0.3) is 5.56 Å². The molecule has 9 nitrogen and oxygen atoms in total. The Morgan fingerprint density at radius 2 is 1.29 bits per heavy atom. The van der Waals surface area contributed by atoms with Crippen molar-refractivity contribution in [1.82, 2.24) is 14.9 Å². The summed E-state index contributed by atoms with van der Waals surface area (Å²) >= 11 is 0. The number of carbonyl (C=O) groups is 2. The zero-order chi connectivity index (χ0) is 26.6. The Morgan fingerprint density at radius 3 is 1.84 bits per heavy atom. The number of alkyl carbamates (subject to hydrolysis) is 1. The number of esters is 1. The molecule has 1 aromatic heterocycles. The molecule has 0 aliphatic heterocycles. The number of hydrogen-bond acceptors (Lipinski definition) is 7. The summed E-state index contributed by atoms with van der Waals surface area (Å²) < 4.78 is 17.5. The van der Waals surface area contributed by atoms with Gasteiger partial charge in [0.05, 0.1) is 12.6 Å². The Morgan fingerprint density at radius 1 is 0.763 bits per heavy atom. The average Bonchev–Trinajstić information content (AvgIpc) is 2.96. The second kappa shape index (κ2) is 13.4. The fourth-order valence-electron chi connectivity index (χ4n) is 3.47. The maximum absolute atomic E-state index is 12.9. The summed E-state index contributed by atoms with van der Waals surface area (Å²) in [6, 6.07) is 27.8. The molecule has 3 aromatic carbocycles. The Bertz CT molecular complexity index is 1380. The molecule has 9 heteroatoms. The average molecular weight is 514 g/mol. The van der Waals surface area contributed by atoms with Gasteiger partial charge in [0, 0.05) is 0 Å². The van der Waals surface area contributed by atoms with E-state index in [1.807, 2.05) is 91.0 Å². The zero-order valence-electron chi connectivity index (χ0n) is 20.6. The molecule has 0 radical (unpaired) electrons. The Balaban J connectivity index is 1.41. The van der Waals surface area contributed by atoms with Crippen LogP contribution in [-0.4, -0.2) is 27.7 Å². The topological polar surface area (TPSA) is 109 Å². The second-order valence-corrected chi connectivity index (χ2v) is 8.34. The minimum atomic E-state index is -1.20. The molecule has 1 heterocycles. The van der Waals surface area contributed by atoms with E-state index >= 15 is 0 Å². The maximum atomic E-state index is 12.9. The van der Waals surface area contributed by atoms with Crippen molar-refractivity contribution in [3.05, 3.63) is 130 Å². The molecule has 0 spiro atoms. The second-order valence-electron chi connectivity index (χ2n) is 8.34. The molecule has 1 atom stereocenters. The number of carbonyl (C=O) groups excluding carboxylic acids is 2. The van der Waals surface area contributed by atoms with Crippen molar-refractivity contribution in [2.24, 2.45) is 0 Å². The number of rotatable bonds is 11. The van der Waals surface area contributed by atoms with E-state index in [4.69, 9.17) is 14.2 Å². The number of aromatic nitrogens is 2. The van der Waals surface area contributed by atoms with Crippen molar-refractivity contribution in [3.63, 3.8) is 0 Å². The molecule has 4 rings (SSSR count). The number of hydrogen-bond donors (Lipinski definition) is 1. The first kappa shape index (κ1) is 26.2. The van der Waals surface area contributed by atoms with Gasteiger partial charge >= 0.3 is 12.1 Å². The smallest absolute Gasteiger partial charge is 0.408 e. The lowest BCUT2D eigenvalue weighted by Crippen LogP contribution is -2.46. The third-order valence-corrected chi connectivity index (χ3v) is 5.48. The summed E-state index contributed by atoms with van der Waals surface area (Å²) in [6.45, 7) is 0.0726. The highest BCUT2D eigenvalue weighted by molar-refractivity contribution is 5.81. The first-order valence-corrected chi connectivity index (χ1v) is 12.0. The SMILES string of the molecule is O=C(N[C@@H](Cn1cnc(OCc2ccccc2)cc1=O)C(=O)OCc1ccccc1)OCc1ccccc1. The van der Waals surface area contributed by atoms with Gasteiger partial charge in [-0.2, -0.15) is 0 Å². The van der Waals surface area contributed by atoms with Crippen LogP contribution in [0.15, 0.2) is 108 Å². The van der Waals surface area contributed by atoms with Crippen LogP contribution in [0.25, 0.3) is 0 Å². The fourth-order valence-corrected chi connectivity index (χ4v) is 3.47. The summed E-state index contributed by atoms with van der Waals surface area (Å²) in [4.78, 5) is 42.3. The van der Waals surface area contributed by atoms with E-state index in [0.29, 0.717) is 0 Å². The van der Waals surface area contributed by atoms with Crippen LogP contribution >= 0.6 is 0 Å². The predicted molar refractivity (Wildman–Crippen MR) is 139 cm³/mol. The van der Waals surface area contributed by atoms with E-state index in [1.54, 1.807) is 0 Å². The quantitative estimate of drug-likeness (QED) is 0.303. The van der Waals surface area contributed by atoms with Crippen LogP contribution in [-0.2, 0) is 40.6 Å². The monoisotopic (exact) mass is 513 g/mol. The van der Waals surface area contributed by atoms with E-state index in [2.05, 4.69) is 10.3 Å². The molecule has 0 unspecified atom stereocenters. The van der Waals surface area contributed by atoms with E-state index in [1.165, 1.54) is 17.0 Å². The van der Waals surface area contributed by atoms with Crippen LogP contribution in [0.3, 0.4) is 0 Å². The molecule has 1 N–H and O–H groups in total. The van der Waals surface area contributed by atoms with Gasteiger partial charge in [-0.3, -0.25) is 9.36 Å². The Hall–Kier alpha value is -4.92. The van der Waals surface area contributed by atoms with Gasteiger partial charge in [0.15, 0.2) is 0 Å². The lowest BCUT2D eigenvalue weighted by Gasteiger charge is -2.19. The van der Waals surface area contributed by atoms with Crippen molar-refractivity contribution in [2.45, 2.75) is 32.4 Å². The van der Waals surface area contributed by atoms with Crippen molar-refractivity contribution < 1.29 is 23.8 Å². The molecule has 38 heavy (non-hydrogen) atoms. The summed E-state index contributed by atoms with van der Waals surface area (Å²) in [7, 11) is 0. The minimum Gasteiger partial charge on any atom is -0.473 e. The van der Waals surface area contributed by atoms with Gasteiger partial charge in [-0.05, 0) is 16.7 Å². The lowest BCUT2D eigenvalue weighted by atomic mass is 10.2. The molecular formula is C29H27N3O6. The molecule has 0 saturated heterocycles. The fraction of sp³-hybridized carbons (Fsp3) is 0.172. The minimum absolute atomic E-state index is 0.0102. The van der Waals surface area contributed by atoms with Crippen LogP contribution in [0.1, 0.15) is 16.7 Å². The number of ether oxygens (including phenoxy) is 3. The van der Waals surface area contributed by atoms with Crippen molar-refractivity contribution in [2.75, 3.05) is 0 Å². The summed E-state index contributed by atoms with van der Waals surface area (Å²) in [5.74, 6) is -0.574. The Labute approximate surface area is 219 Å². The van der Waals surface area contributed by atoms with Crippen molar-refractivity contribution in [3.8, 4) is 5.88 Å². The van der Waals surface area contributed by atoms with Gasteiger partial charge in [0.2, 0.25) is 5.88 Å². The van der Waals surface area contributed by atoms with E-state index in [-0.39, 0.29) is 32.2 Å². The van der Waals surface area contributed by atoms with Crippen LogP contribution in [0.2, 0.25) is 0 Å². The van der Waals surface area contributed by atoms with Gasteiger partial charge in [-0.25, -0.2) is 14.6 Å². The van der Waals surface area contributed by atoms with Crippen molar-refractivity contribution in [1.29, 1.82) is 0 Å².